The molecule has 0 atom stereocenters. The van der Waals surface area contributed by atoms with Gasteiger partial charge < -0.3 is 16.2 Å². The summed E-state index contributed by atoms with van der Waals surface area (Å²) >= 11 is 0. The standard InChI is InChI=1S/C12H19N3O3/c1-3-12(4-2,8-16)14-10-7-5-6-9(13)11(10)15(17)18/h5-7,14,16H,3-4,8,13H2,1-2H3. The second kappa shape index (κ2) is 5.68. The maximum atomic E-state index is 11.0. The van der Waals surface area contributed by atoms with Gasteiger partial charge in [-0.1, -0.05) is 19.9 Å². The van der Waals surface area contributed by atoms with Crippen LogP contribution in [0.3, 0.4) is 0 Å². The van der Waals surface area contributed by atoms with Crippen molar-refractivity contribution in [2.24, 2.45) is 0 Å². The van der Waals surface area contributed by atoms with Gasteiger partial charge in [-0.2, -0.15) is 0 Å². The summed E-state index contributed by atoms with van der Waals surface area (Å²) in [5.74, 6) is 0. The van der Waals surface area contributed by atoms with E-state index in [1.165, 1.54) is 6.07 Å². The number of nitro benzene ring substituents is 1. The van der Waals surface area contributed by atoms with Gasteiger partial charge in [-0.15, -0.1) is 0 Å². The Labute approximate surface area is 106 Å². The van der Waals surface area contributed by atoms with Crippen molar-refractivity contribution in [2.45, 2.75) is 32.2 Å². The largest absolute Gasteiger partial charge is 0.394 e. The molecule has 0 saturated carbocycles. The van der Waals surface area contributed by atoms with Crippen molar-refractivity contribution < 1.29 is 10.0 Å². The third-order valence-electron chi connectivity index (χ3n) is 3.31. The van der Waals surface area contributed by atoms with E-state index < -0.39 is 10.5 Å². The summed E-state index contributed by atoms with van der Waals surface area (Å²) in [6.07, 6.45) is 1.32. The molecule has 0 saturated heterocycles. The van der Waals surface area contributed by atoms with Gasteiger partial charge in [0.2, 0.25) is 0 Å². The molecule has 0 heterocycles. The molecule has 6 nitrogen and oxygen atoms in total. The van der Waals surface area contributed by atoms with Crippen LogP contribution in [-0.2, 0) is 0 Å². The molecule has 0 spiro atoms. The minimum atomic E-state index is -0.557. The Kier molecular flexibility index (Phi) is 4.49. The van der Waals surface area contributed by atoms with Crippen molar-refractivity contribution >= 4 is 17.1 Å². The molecule has 18 heavy (non-hydrogen) atoms. The average Bonchev–Trinajstić information content (AvgIpc) is 2.35. The predicted octanol–water partition coefficient (Wildman–Crippen LogP) is 2.14. The molecule has 0 aliphatic rings. The summed E-state index contributed by atoms with van der Waals surface area (Å²) in [6.45, 7) is 3.75. The van der Waals surface area contributed by atoms with Crippen LogP contribution < -0.4 is 11.1 Å². The number of benzene rings is 1. The minimum absolute atomic E-state index is 0.0913. The van der Waals surface area contributed by atoms with E-state index in [2.05, 4.69) is 5.32 Å². The van der Waals surface area contributed by atoms with E-state index in [4.69, 9.17) is 5.73 Å². The van der Waals surface area contributed by atoms with Crippen LogP contribution in [0.1, 0.15) is 26.7 Å². The van der Waals surface area contributed by atoms with E-state index in [0.29, 0.717) is 18.5 Å². The van der Waals surface area contributed by atoms with Crippen molar-refractivity contribution in [3.63, 3.8) is 0 Å². The number of nitrogen functional groups attached to an aromatic ring is 1. The van der Waals surface area contributed by atoms with Gasteiger partial charge in [0.25, 0.3) is 0 Å². The molecule has 0 aliphatic carbocycles. The fourth-order valence-corrected chi connectivity index (χ4v) is 1.84. The highest BCUT2D eigenvalue weighted by Crippen LogP contribution is 2.33. The summed E-state index contributed by atoms with van der Waals surface area (Å²) in [4.78, 5) is 10.5. The number of aliphatic hydroxyl groups excluding tert-OH is 1. The topological polar surface area (TPSA) is 101 Å². The molecule has 0 amide bonds. The van der Waals surface area contributed by atoms with Gasteiger partial charge in [0.05, 0.1) is 17.1 Å². The lowest BCUT2D eigenvalue weighted by atomic mass is 9.93. The number of nitrogens with zero attached hydrogens (tertiary/aromatic N) is 1. The molecule has 100 valence electrons. The minimum Gasteiger partial charge on any atom is -0.394 e. The lowest BCUT2D eigenvalue weighted by Gasteiger charge is -2.31. The number of anilines is 2. The van der Waals surface area contributed by atoms with Crippen LogP contribution in [0, 0.1) is 10.1 Å². The van der Waals surface area contributed by atoms with Crippen LogP contribution >= 0.6 is 0 Å². The number of nitrogens with two attached hydrogens (primary N) is 1. The molecule has 0 unspecified atom stereocenters. The molecule has 1 aromatic carbocycles. The SMILES string of the molecule is CCC(CC)(CO)Nc1cccc(N)c1[N+](=O)[O-]. The lowest BCUT2D eigenvalue weighted by molar-refractivity contribution is -0.383. The van der Waals surface area contributed by atoms with Crippen LogP contribution in [0.25, 0.3) is 0 Å². The van der Waals surface area contributed by atoms with Gasteiger partial charge >= 0.3 is 5.69 Å². The average molecular weight is 253 g/mol. The van der Waals surface area contributed by atoms with E-state index in [1.54, 1.807) is 12.1 Å². The van der Waals surface area contributed by atoms with E-state index in [1.807, 2.05) is 13.8 Å². The second-order valence-electron chi connectivity index (χ2n) is 4.27. The van der Waals surface area contributed by atoms with Crippen molar-refractivity contribution in [3.05, 3.63) is 28.3 Å². The molecule has 1 rings (SSSR count). The van der Waals surface area contributed by atoms with Gasteiger partial charge in [0, 0.05) is 0 Å². The Morgan fingerprint density at radius 3 is 2.50 bits per heavy atom. The smallest absolute Gasteiger partial charge is 0.314 e. The number of para-hydroxylation sites is 1. The highest BCUT2D eigenvalue weighted by molar-refractivity contribution is 5.74. The van der Waals surface area contributed by atoms with E-state index in [9.17, 15) is 15.2 Å². The molecule has 1 aromatic rings. The first-order chi connectivity index (χ1) is 8.49. The Morgan fingerprint density at radius 2 is 2.06 bits per heavy atom. The normalized spacial score (nSPS) is 11.3. The van der Waals surface area contributed by atoms with Gasteiger partial charge in [-0.25, -0.2) is 0 Å². The molecule has 0 aliphatic heterocycles. The zero-order chi connectivity index (χ0) is 13.8. The Balaban J connectivity index is 3.18. The van der Waals surface area contributed by atoms with Crippen LogP contribution in [0.5, 0.6) is 0 Å². The summed E-state index contributed by atoms with van der Waals surface area (Å²) in [5, 5.41) is 23.6. The number of nitro groups is 1. The van der Waals surface area contributed by atoms with Gasteiger partial charge in [-0.3, -0.25) is 10.1 Å². The predicted molar refractivity (Wildman–Crippen MR) is 71.5 cm³/mol. The van der Waals surface area contributed by atoms with Gasteiger partial charge in [0.15, 0.2) is 0 Å². The van der Waals surface area contributed by atoms with Crippen molar-refractivity contribution in [3.8, 4) is 0 Å². The third kappa shape index (κ3) is 2.70. The van der Waals surface area contributed by atoms with Gasteiger partial charge in [0.1, 0.15) is 11.4 Å². The van der Waals surface area contributed by atoms with Gasteiger partial charge in [-0.05, 0) is 25.0 Å². The van der Waals surface area contributed by atoms with Crippen molar-refractivity contribution in [1.29, 1.82) is 0 Å². The molecule has 0 aromatic heterocycles. The summed E-state index contributed by atoms with van der Waals surface area (Å²) < 4.78 is 0. The van der Waals surface area contributed by atoms with Crippen LogP contribution in [0.2, 0.25) is 0 Å². The number of aliphatic hydroxyl groups is 1. The summed E-state index contributed by atoms with van der Waals surface area (Å²) in [7, 11) is 0. The fourth-order valence-electron chi connectivity index (χ4n) is 1.84. The quantitative estimate of drug-likeness (QED) is 0.409. The zero-order valence-corrected chi connectivity index (χ0v) is 10.6. The molecule has 0 fully saturated rings. The summed E-state index contributed by atoms with van der Waals surface area (Å²) in [6, 6.07) is 4.74. The van der Waals surface area contributed by atoms with Crippen molar-refractivity contribution in [2.75, 3.05) is 17.7 Å². The van der Waals surface area contributed by atoms with Crippen LogP contribution in [0.15, 0.2) is 18.2 Å². The monoisotopic (exact) mass is 253 g/mol. The molecule has 0 radical (unpaired) electrons. The number of hydrogen-bond acceptors (Lipinski definition) is 5. The van der Waals surface area contributed by atoms with Crippen LogP contribution in [-0.4, -0.2) is 22.2 Å². The second-order valence-corrected chi connectivity index (χ2v) is 4.27. The van der Waals surface area contributed by atoms with E-state index in [0.717, 1.165) is 0 Å². The van der Waals surface area contributed by atoms with E-state index >= 15 is 0 Å². The summed E-state index contributed by atoms with van der Waals surface area (Å²) in [5.41, 5.74) is 5.38. The Morgan fingerprint density at radius 1 is 1.44 bits per heavy atom. The zero-order valence-electron chi connectivity index (χ0n) is 10.6. The Hall–Kier alpha value is -1.82. The van der Waals surface area contributed by atoms with Crippen molar-refractivity contribution in [1.82, 2.24) is 0 Å². The highest BCUT2D eigenvalue weighted by atomic mass is 16.6. The lowest BCUT2D eigenvalue weighted by Crippen LogP contribution is -2.41. The van der Waals surface area contributed by atoms with E-state index in [-0.39, 0.29) is 18.0 Å². The number of hydrogen-bond donors (Lipinski definition) is 3. The number of rotatable bonds is 6. The first kappa shape index (κ1) is 14.2. The fraction of sp³-hybridized carbons (Fsp3) is 0.500. The first-order valence-corrected chi connectivity index (χ1v) is 5.91. The van der Waals surface area contributed by atoms with Crippen LogP contribution in [0.4, 0.5) is 17.1 Å². The molecular formula is C12H19N3O3. The molecular weight excluding hydrogens is 234 g/mol. The molecule has 0 bridgehead atoms. The maximum absolute atomic E-state index is 11.0. The third-order valence-corrected chi connectivity index (χ3v) is 3.31. The Bertz CT molecular complexity index is 422. The number of nitrogens with one attached hydrogen (secondary N) is 1. The highest BCUT2D eigenvalue weighted by Gasteiger charge is 2.28. The first-order valence-electron chi connectivity index (χ1n) is 5.91. The molecule has 4 N–H and O–H groups in total. The maximum Gasteiger partial charge on any atom is 0.314 e. The molecule has 6 heteroatoms.